The van der Waals surface area contributed by atoms with Crippen molar-refractivity contribution in [2.45, 2.75) is 38.9 Å². The van der Waals surface area contributed by atoms with E-state index in [-0.39, 0.29) is 24.0 Å². The maximum absolute atomic E-state index is 13.3. The molecular formula is C28H29N7O4S. The second-order valence-electron chi connectivity index (χ2n) is 10.2. The van der Waals surface area contributed by atoms with Crippen LogP contribution < -0.4 is 15.5 Å². The van der Waals surface area contributed by atoms with Crippen molar-refractivity contribution in [3.8, 4) is 0 Å². The fourth-order valence-electron chi connectivity index (χ4n) is 5.39. The van der Waals surface area contributed by atoms with Crippen LogP contribution in [0.1, 0.15) is 49.7 Å². The highest BCUT2D eigenvalue weighted by Gasteiger charge is 2.45. The number of fused-ring (bicyclic) bond motifs is 1. The van der Waals surface area contributed by atoms with E-state index in [1.54, 1.807) is 29.5 Å². The molecule has 6 rings (SSSR count). The van der Waals surface area contributed by atoms with Gasteiger partial charge in [-0.15, -0.1) is 10.2 Å². The molecule has 12 heteroatoms. The number of piperidine rings is 1. The van der Waals surface area contributed by atoms with Gasteiger partial charge in [-0.3, -0.25) is 34.3 Å². The third-order valence-electron chi connectivity index (χ3n) is 7.54. The summed E-state index contributed by atoms with van der Waals surface area (Å²) < 4.78 is 0. The summed E-state index contributed by atoms with van der Waals surface area (Å²) in [6.07, 6.45) is 0.217. The lowest BCUT2D eigenvalue weighted by Crippen LogP contribution is -2.54. The maximum atomic E-state index is 13.3. The van der Waals surface area contributed by atoms with Crippen LogP contribution in [0.2, 0.25) is 0 Å². The molecule has 0 bridgehead atoms. The van der Waals surface area contributed by atoms with Crippen LogP contribution in [0.15, 0.2) is 42.5 Å². The average Bonchev–Trinajstić information content (AvgIpc) is 3.50. The van der Waals surface area contributed by atoms with Gasteiger partial charge in [0.05, 0.1) is 11.1 Å². The van der Waals surface area contributed by atoms with Crippen molar-refractivity contribution in [3.63, 3.8) is 0 Å². The largest absolute Gasteiger partial charge is 0.380 e. The third kappa shape index (κ3) is 5.07. The molecule has 2 N–H and O–H groups in total. The van der Waals surface area contributed by atoms with Crippen molar-refractivity contribution in [3.05, 3.63) is 69.7 Å². The van der Waals surface area contributed by atoms with E-state index >= 15 is 0 Å². The number of rotatable bonds is 7. The number of nitrogens with one attached hydrogen (secondary N) is 2. The molecule has 4 heterocycles. The van der Waals surface area contributed by atoms with Crippen LogP contribution in [0, 0.1) is 6.92 Å². The van der Waals surface area contributed by atoms with Gasteiger partial charge in [-0.1, -0.05) is 41.7 Å². The Morgan fingerprint density at radius 2 is 1.70 bits per heavy atom. The first-order valence-corrected chi connectivity index (χ1v) is 14.1. The lowest BCUT2D eigenvalue weighted by molar-refractivity contribution is -0.136. The lowest BCUT2D eigenvalue weighted by atomic mass is 10.0. The number of carbonyl (C=O) groups excluding carboxylic acids is 4. The Bertz CT molecular complexity index is 1480. The molecule has 4 amide bonds. The van der Waals surface area contributed by atoms with E-state index in [1.165, 1.54) is 5.56 Å². The lowest BCUT2D eigenvalue weighted by Gasteiger charge is -2.34. The molecule has 0 spiro atoms. The van der Waals surface area contributed by atoms with Crippen LogP contribution in [0.3, 0.4) is 0 Å². The average molecular weight is 560 g/mol. The first-order valence-electron chi connectivity index (χ1n) is 13.3. The number of imide groups is 2. The van der Waals surface area contributed by atoms with Crippen molar-refractivity contribution in [1.82, 2.24) is 25.3 Å². The van der Waals surface area contributed by atoms with Gasteiger partial charge in [0.25, 0.3) is 11.8 Å². The third-order valence-corrected chi connectivity index (χ3v) is 8.44. The fourth-order valence-corrected chi connectivity index (χ4v) is 6.13. The van der Waals surface area contributed by atoms with E-state index in [9.17, 15) is 19.2 Å². The summed E-state index contributed by atoms with van der Waals surface area (Å²) in [4.78, 5) is 55.9. The van der Waals surface area contributed by atoms with Crippen LogP contribution in [0.25, 0.3) is 0 Å². The second-order valence-corrected chi connectivity index (χ2v) is 11.4. The molecule has 2 fully saturated rings. The number of carbonyl (C=O) groups is 4. The van der Waals surface area contributed by atoms with Gasteiger partial charge in [0.2, 0.25) is 16.9 Å². The van der Waals surface area contributed by atoms with Crippen molar-refractivity contribution in [2.24, 2.45) is 0 Å². The topological polar surface area (TPSA) is 128 Å². The highest BCUT2D eigenvalue weighted by molar-refractivity contribution is 7.15. The summed E-state index contributed by atoms with van der Waals surface area (Å²) in [7, 11) is 0. The first kappa shape index (κ1) is 26.1. The SMILES string of the molecule is Cc1nnc(N2CCN(Cc3ccc(CNc4cccc5c4C(=O)N(C4CCC(=O)NC4=O)C5=O)cc3)CC2)s1. The molecule has 11 nitrogen and oxygen atoms in total. The summed E-state index contributed by atoms with van der Waals surface area (Å²) in [5.74, 6) is -2.04. The standard InChI is InChI=1S/C28H29N7O4S/c1-17-31-32-28(40-17)34-13-11-33(12-14-34)16-19-7-5-18(6-8-19)15-29-21-4-2-3-20-24(21)27(39)35(26(20)38)22-9-10-23(36)30-25(22)37/h2-8,22,29H,9-16H2,1H3,(H,30,36,37). The van der Waals surface area contributed by atoms with Gasteiger partial charge >= 0.3 is 0 Å². The molecule has 2 aromatic carbocycles. The van der Waals surface area contributed by atoms with Gasteiger partial charge in [-0.05, 0) is 36.6 Å². The number of anilines is 2. The van der Waals surface area contributed by atoms with E-state index in [0.717, 1.165) is 53.3 Å². The van der Waals surface area contributed by atoms with Crippen molar-refractivity contribution in [2.75, 3.05) is 36.4 Å². The minimum absolute atomic E-state index is 0.0885. The monoisotopic (exact) mass is 559 g/mol. The molecule has 1 atom stereocenters. The fraction of sp³-hybridized carbons (Fsp3) is 0.357. The molecule has 206 valence electrons. The number of aromatic nitrogens is 2. The highest BCUT2D eigenvalue weighted by Crippen LogP contribution is 2.32. The first-order chi connectivity index (χ1) is 19.4. The Morgan fingerprint density at radius 3 is 2.40 bits per heavy atom. The van der Waals surface area contributed by atoms with E-state index in [1.807, 2.05) is 6.92 Å². The molecule has 3 aliphatic rings. The summed E-state index contributed by atoms with van der Waals surface area (Å²) in [6.45, 7) is 7.10. The molecule has 3 aromatic rings. The number of hydrogen-bond donors (Lipinski definition) is 2. The molecule has 40 heavy (non-hydrogen) atoms. The second kappa shape index (κ2) is 10.8. The number of nitrogens with zero attached hydrogens (tertiary/aromatic N) is 5. The number of benzene rings is 2. The van der Waals surface area contributed by atoms with Gasteiger partial charge in [0.1, 0.15) is 11.0 Å². The number of piperazine rings is 1. The van der Waals surface area contributed by atoms with Crippen molar-refractivity contribution < 1.29 is 19.2 Å². The van der Waals surface area contributed by atoms with E-state index < -0.39 is 29.7 Å². The predicted molar refractivity (Wildman–Crippen MR) is 149 cm³/mol. The molecule has 1 unspecified atom stereocenters. The Balaban J connectivity index is 1.06. The molecule has 1 aromatic heterocycles. The zero-order valence-electron chi connectivity index (χ0n) is 22.1. The molecule has 0 aliphatic carbocycles. The summed E-state index contributed by atoms with van der Waals surface area (Å²) in [5.41, 5.74) is 3.33. The van der Waals surface area contributed by atoms with Gasteiger partial charge < -0.3 is 10.2 Å². The number of amides is 4. The van der Waals surface area contributed by atoms with E-state index in [2.05, 4.69) is 54.9 Å². The summed E-state index contributed by atoms with van der Waals surface area (Å²) in [6, 6.07) is 12.4. The van der Waals surface area contributed by atoms with Crippen LogP contribution >= 0.6 is 11.3 Å². The molecule has 2 saturated heterocycles. The predicted octanol–water partition coefficient (Wildman–Crippen LogP) is 2.18. The molecule has 0 saturated carbocycles. The van der Waals surface area contributed by atoms with Gasteiger partial charge in [0, 0.05) is 51.4 Å². The Kier molecular flexibility index (Phi) is 7.03. The van der Waals surface area contributed by atoms with E-state index in [4.69, 9.17) is 0 Å². The smallest absolute Gasteiger partial charge is 0.264 e. The van der Waals surface area contributed by atoms with Crippen molar-refractivity contribution in [1.29, 1.82) is 0 Å². The minimum atomic E-state index is -0.984. The van der Waals surface area contributed by atoms with Crippen LogP contribution in [-0.2, 0) is 22.7 Å². The van der Waals surface area contributed by atoms with Crippen LogP contribution in [0.5, 0.6) is 0 Å². The van der Waals surface area contributed by atoms with Gasteiger partial charge in [0.15, 0.2) is 0 Å². The maximum Gasteiger partial charge on any atom is 0.264 e. The quantitative estimate of drug-likeness (QED) is 0.419. The Labute approximate surface area is 235 Å². The highest BCUT2D eigenvalue weighted by atomic mass is 32.1. The zero-order valence-corrected chi connectivity index (χ0v) is 22.9. The van der Waals surface area contributed by atoms with E-state index in [0.29, 0.717) is 12.2 Å². The summed E-state index contributed by atoms with van der Waals surface area (Å²) in [5, 5.41) is 15.9. The Morgan fingerprint density at radius 1 is 0.950 bits per heavy atom. The molecule has 3 aliphatic heterocycles. The van der Waals surface area contributed by atoms with Gasteiger partial charge in [-0.25, -0.2) is 0 Å². The Hall–Kier alpha value is -4.16. The van der Waals surface area contributed by atoms with Gasteiger partial charge in [-0.2, -0.15) is 0 Å². The number of hydrogen-bond acceptors (Lipinski definition) is 10. The molecular weight excluding hydrogens is 530 g/mol. The van der Waals surface area contributed by atoms with Crippen LogP contribution in [0.4, 0.5) is 10.8 Å². The summed E-state index contributed by atoms with van der Waals surface area (Å²) >= 11 is 1.63. The van der Waals surface area contributed by atoms with Crippen LogP contribution in [-0.4, -0.2) is 75.8 Å². The number of aryl methyl sites for hydroxylation is 1. The zero-order chi connectivity index (χ0) is 27.8. The normalized spacial score (nSPS) is 19.7. The minimum Gasteiger partial charge on any atom is -0.380 e. The van der Waals surface area contributed by atoms with Crippen molar-refractivity contribution >= 4 is 45.8 Å². The molecule has 0 radical (unpaired) electrons.